The van der Waals surface area contributed by atoms with Crippen molar-refractivity contribution < 1.29 is 13.5 Å². The van der Waals surface area contributed by atoms with Gasteiger partial charge in [-0.25, -0.2) is 13.6 Å². The molecule has 0 atom stereocenters. The lowest BCUT2D eigenvalue weighted by molar-refractivity contribution is 0.473. The summed E-state index contributed by atoms with van der Waals surface area (Å²) < 4.78 is 22.5. The summed E-state index contributed by atoms with van der Waals surface area (Å²) in [5.74, 6) is -0.129. The molecule has 0 bridgehead atoms. The fraction of sp³-hybridized carbons (Fsp3) is 0. The molecule has 17 heavy (non-hydrogen) atoms. The molecule has 0 saturated heterocycles. The second-order valence-corrected chi connectivity index (χ2v) is 5.19. The number of benzene rings is 2. The Hall–Kier alpha value is -1.85. The third kappa shape index (κ3) is 2.64. The minimum absolute atomic E-state index is 0.101. The zero-order valence-electron chi connectivity index (χ0n) is 8.87. The first-order valence-corrected chi connectivity index (χ1v) is 6.44. The number of rotatable bonds is 2. The molecule has 0 radical (unpaired) electrons. The number of aromatic hydroxyl groups is 1. The highest BCUT2D eigenvalue weighted by atomic mass is 32.2. The van der Waals surface area contributed by atoms with Crippen LogP contribution in [0.15, 0.2) is 53.4 Å². The van der Waals surface area contributed by atoms with Crippen LogP contribution in [0.3, 0.4) is 0 Å². The van der Waals surface area contributed by atoms with Gasteiger partial charge in [0.15, 0.2) is 0 Å². The maximum Gasteiger partial charge on any atom is 0.238 e. The van der Waals surface area contributed by atoms with Crippen LogP contribution in [0.25, 0.3) is 11.1 Å². The molecular formula is C12H11NO3S. The van der Waals surface area contributed by atoms with Crippen LogP contribution in [0.4, 0.5) is 0 Å². The van der Waals surface area contributed by atoms with Crippen molar-refractivity contribution in [1.29, 1.82) is 0 Å². The van der Waals surface area contributed by atoms with E-state index in [4.69, 9.17) is 5.14 Å². The zero-order valence-corrected chi connectivity index (χ0v) is 9.68. The molecule has 4 nitrogen and oxygen atoms in total. The first kappa shape index (κ1) is 11.6. The van der Waals surface area contributed by atoms with Crippen LogP contribution in [-0.4, -0.2) is 13.5 Å². The van der Waals surface area contributed by atoms with Gasteiger partial charge in [0.1, 0.15) is 5.75 Å². The molecule has 88 valence electrons. The molecule has 2 aromatic rings. The van der Waals surface area contributed by atoms with Crippen molar-refractivity contribution in [3.63, 3.8) is 0 Å². The molecule has 0 aromatic heterocycles. The molecule has 3 N–H and O–H groups in total. The Morgan fingerprint density at radius 2 is 1.59 bits per heavy atom. The number of phenolic OH excluding ortho intramolecular Hbond substituents is 1. The maximum atomic E-state index is 11.2. The van der Waals surface area contributed by atoms with Crippen LogP contribution in [0.2, 0.25) is 0 Å². The van der Waals surface area contributed by atoms with E-state index in [1.807, 2.05) is 30.3 Å². The predicted octanol–water partition coefficient (Wildman–Crippen LogP) is 1.71. The lowest BCUT2D eigenvalue weighted by atomic mass is 10.1. The monoisotopic (exact) mass is 249 g/mol. The van der Waals surface area contributed by atoms with Crippen molar-refractivity contribution >= 4 is 10.0 Å². The van der Waals surface area contributed by atoms with Gasteiger partial charge in [-0.15, -0.1) is 0 Å². The van der Waals surface area contributed by atoms with Crippen LogP contribution < -0.4 is 5.14 Å². The number of hydrogen-bond acceptors (Lipinski definition) is 3. The molecule has 0 aliphatic heterocycles. The molecule has 0 amide bonds. The van der Waals surface area contributed by atoms with Gasteiger partial charge < -0.3 is 5.11 Å². The molecule has 0 fully saturated rings. The molecule has 0 spiro atoms. The third-order valence-corrected chi connectivity index (χ3v) is 3.22. The average molecular weight is 249 g/mol. The molecule has 0 heterocycles. The summed E-state index contributed by atoms with van der Waals surface area (Å²) in [6, 6.07) is 13.2. The van der Waals surface area contributed by atoms with Crippen LogP contribution in [0.5, 0.6) is 5.75 Å². The van der Waals surface area contributed by atoms with E-state index in [0.717, 1.165) is 11.6 Å². The summed E-state index contributed by atoms with van der Waals surface area (Å²) >= 11 is 0. The first-order chi connectivity index (χ1) is 7.97. The Bertz CT molecular complexity index is 636. The van der Waals surface area contributed by atoms with Crippen LogP contribution in [-0.2, 0) is 10.0 Å². The molecular weight excluding hydrogens is 238 g/mol. The van der Waals surface area contributed by atoms with E-state index >= 15 is 0 Å². The van der Waals surface area contributed by atoms with Gasteiger partial charge in [0.25, 0.3) is 0 Å². The summed E-state index contributed by atoms with van der Waals surface area (Å²) in [6.07, 6.45) is 0. The Kier molecular flexibility index (Phi) is 2.87. The summed E-state index contributed by atoms with van der Waals surface area (Å²) in [5, 5.41) is 14.5. The largest absolute Gasteiger partial charge is 0.508 e. The fourth-order valence-corrected chi connectivity index (χ4v) is 2.12. The molecule has 2 aromatic carbocycles. The van der Waals surface area contributed by atoms with E-state index in [1.165, 1.54) is 12.1 Å². The van der Waals surface area contributed by atoms with E-state index < -0.39 is 10.0 Å². The average Bonchev–Trinajstić information content (AvgIpc) is 2.28. The smallest absolute Gasteiger partial charge is 0.238 e. The Labute approximate surface area is 99.4 Å². The number of sulfonamides is 1. The summed E-state index contributed by atoms with van der Waals surface area (Å²) in [6.45, 7) is 0. The topological polar surface area (TPSA) is 80.4 Å². The summed E-state index contributed by atoms with van der Waals surface area (Å²) in [5.41, 5.74) is 1.42. The van der Waals surface area contributed by atoms with Gasteiger partial charge in [-0.1, -0.05) is 30.3 Å². The molecule has 5 heteroatoms. The molecule has 0 aliphatic carbocycles. The fourth-order valence-electron chi connectivity index (χ4n) is 1.54. The standard InChI is InChI=1S/C12H11NO3S/c13-17(15,16)12-7-10(6-11(14)8-12)9-4-2-1-3-5-9/h1-8,14H,(H2,13,15,16). The maximum absolute atomic E-state index is 11.2. The minimum Gasteiger partial charge on any atom is -0.508 e. The van der Waals surface area contributed by atoms with Crippen molar-refractivity contribution in [1.82, 2.24) is 0 Å². The van der Waals surface area contributed by atoms with E-state index in [2.05, 4.69) is 0 Å². The van der Waals surface area contributed by atoms with Gasteiger partial charge in [-0.05, 0) is 29.3 Å². The molecule has 0 aliphatic rings. The summed E-state index contributed by atoms with van der Waals surface area (Å²) in [4.78, 5) is -0.101. The highest BCUT2D eigenvalue weighted by Crippen LogP contribution is 2.26. The number of nitrogens with two attached hydrogens (primary N) is 1. The van der Waals surface area contributed by atoms with E-state index in [1.54, 1.807) is 0 Å². The highest BCUT2D eigenvalue weighted by molar-refractivity contribution is 7.89. The predicted molar refractivity (Wildman–Crippen MR) is 64.9 cm³/mol. The van der Waals surface area contributed by atoms with E-state index in [9.17, 15) is 13.5 Å². The van der Waals surface area contributed by atoms with Gasteiger partial charge in [0, 0.05) is 0 Å². The number of hydrogen-bond donors (Lipinski definition) is 2. The van der Waals surface area contributed by atoms with Gasteiger partial charge in [0.05, 0.1) is 4.90 Å². The lowest BCUT2D eigenvalue weighted by Gasteiger charge is -2.05. The molecule has 0 saturated carbocycles. The minimum atomic E-state index is -3.82. The summed E-state index contributed by atoms with van der Waals surface area (Å²) in [7, 11) is -3.82. The lowest BCUT2D eigenvalue weighted by Crippen LogP contribution is -2.12. The quantitative estimate of drug-likeness (QED) is 0.850. The molecule has 0 unspecified atom stereocenters. The van der Waals surface area contributed by atoms with Gasteiger partial charge in [0.2, 0.25) is 10.0 Å². The van der Waals surface area contributed by atoms with Crippen molar-refractivity contribution in [3.8, 4) is 16.9 Å². The van der Waals surface area contributed by atoms with Crippen LogP contribution in [0.1, 0.15) is 0 Å². The first-order valence-electron chi connectivity index (χ1n) is 4.89. The van der Waals surface area contributed by atoms with Crippen LogP contribution in [0, 0.1) is 0 Å². The van der Waals surface area contributed by atoms with Gasteiger partial charge in [-0.2, -0.15) is 0 Å². The van der Waals surface area contributed by atoms with E-state index in [0.29, 0.717) is 5.56 Å². The second-order valence-electron chi connectivity index (χ2n) is 3.63. The Morgan fingerprint density at radius 1 is 0.941 bits per heavy atom. The Morgan fingerprint density at radius 3 is 2.18 bits per heavy atom. The highest BCUT2D eigenvalue weighted by Gasteiger charge is 2.11. The zero-order chi connectivity index (χ0) is 12.5. The molecule has 2 rings (SSSR count). The SMILES string of the molecule is NS(=O)(=O)c1cc(O)cc(-c2ccccc2)c1. The number of primary sulfonamides is 1. The van der Waals surface area contributed by atoms with Crippen molar-refractivity contribution in [2.45, 2.75) is 4.90 Å². The van der Waals surface area contributed by atoms with Crippen LogP contribution >= 0.6 is 0 Å². The second kappa shape index (κ2) is 4.20. The number of phenols is 1. The Balaban J connectivity index is 2.61. The van der Waals surface area contributed by atoms with Crippen molar-refractivity contribution in [3.05, 3.63) is 48.5 Å². The van der Waals surface area contributed by atoms with E-state index in [-0.39, 0.29) is 10.6 Å². The van der Waals surface area contributed by atoms with Crippen molar-refractivity contribution in [2.75, 3.05) is 0 Å². The third-order valence-electron chi connectivity index (χ3n) is 2.33. The normalized spacial score (nSPS) is 11.4. The van der Waals surface area contributed by atoms with Gasteiger partial charge >= 0.3 is 0 Å². The van der Waals surface area contributed by atoms with Crippen molar-refractivity contribution in [2.24, 2.45) is 5.14 Å². The van der Waals surface area contributed by atoms with Gasteiger partial charge in [-0.3, -0.25) is 0 Å².